The zero-order valence-electron chi connectivity index (χ0n) is 8.18. The molecule has 82 valence electrons. The minimum absolute atomic E-state index is 0.152. The highest BCUT2D eigenvalue weighted by Gasteiger charge is 2.15. The number of anilines is 3. The van der Waals surface area contributed by atoms with Gasteiger partial charge in [-0.25, -0.2) is 5.84 Å². The van der Waals surface area contributed by atoms with E-state index in [4.69, 9.17) is 16.3 Å². The molecule has 1 aliphatic rings. The van der Waals surface area contributed by atoms with Gasteiger partial charge in [-0.3, -0.25) is 5.43 Å². The summed E-state index contributed by atoms with van der Waals surface area (Å²) in [6.07, 6.45) is 0. The second-order valence-electron chi connectivity index (χ2n) is 3.06. The number of ether oxygens (including phenoxy) is 1. The normalized spacial score (nSPS) is 16.5. The monoisotopic (exact) mass is 211 g/mol. The van der Waals surface area contributed by atoms with E-state index in [1.165, 1.54) is 0 Å². The molecular weight excluding hydrogens is 198 g/mol. The number of hydrazine groups is 1. The van der Waals surface area contributed by atoms with Crippen molar-refractivity contribution in [1.82, 2.24) is 15.0 Å². The third-order valence-corrected chi connectivity index (χ3v) is 2.06. The maximum atomic E-state index is 5.53. The maximum absolute atomic E-state index is 5.53. The Morgan fingerprint density at radius 3 is 2.60 bits per heavy atom. The van der Waals surface area contributed by atoms with E-state index < -0.39 is 0 Å². The van der Waals surface area contributed by atoms with E-state index in [-0.39, 0.29) is 11.9 Å². The molecule has 2 heterocycles. The second kappa shape index (κ2) is 4.24. The molecule has 0 saturated carbocycles. The third-order valence-electron chi connectivity index (χ3n) is 2.06. The van der Waals surface area contributed by atoms with Crippen molar-refractivity contribution < 1.29 is 4.74 Å². The van der Waals surface area contributed by atoms with Crippen LogP contribution in [0.1, 0.15) is 0 Å². The summed E-state index contributed by atoms with van der Waals surface area (Å²) >= 11 is 0. The van der Waals surface area contributed by atoms with Gasteiger partial charge in [0.2, 0.25) is 17.8 Å². The fraction of sp³-hybridized carbons (Fsp3) is 0.571. The molecule has 0 unspecified atom stereocenters. The van der Waals surface area contributed by atoms with E-state index >= 15 is 0 Å². The van der Waals surface area contributed by atoms with Crippen LogP contribution in [0.4, 0.5) is 17.8 Å². The Morgan fingerprint density at radius 2 is 1.93 bits per heavy atom. The number of hydrogen-bond acceptors (Lipinski definition) is 8. The Balaban J connectivity index is 2.22. The maximum Gasteiger partial charge on any atom is 0.243 e. The summed E-state index contributed by atoms with van der Waals surface area (Å²) in [5, 5.41) is 0. The van der Waals surface area contributed by atoms with E-state index in [2.05, 4.69) is 20.4 Å². The quantitative estimate of drug-likeness (QED) is 0.403. The molecule has 15 heavy (non-hydrogen) atoms. The van der Waals surface area contributed by atoms with E-state index in [0.717, 1.165) is 13.1 Å². The second-order valence-corrected chi connectivity index (χ2v) is 3.06. The van der Waals surface area contributed by atoms with Crippen molar-refractivity contribution in [2.45, 2.75) is 0 Å². The Kier molecular flexibility index (Phi) is 2.79. The summed E-state index contributed by atoms with van der Waals surface area (Å²) in [6.45, 7) is 2.81. The van der Waals surface area contributed by atoms with Crippen molar-refractivity contribution in [3.05, 3.63) is 0 Å². The van der Waals surface area contributed by atoms with Crippen LogP contribution in [0, 0.1) is 0 Å². The molecule has 2 rings (SSSR count). The molecule has 0 atom stereocenters. The topological polar surface area (TPSA) is 115 Å². The third kappa shape index (κ3) is 2.22. The number of rotatable bonds is 2. The van der Waals surface area contributed by atoms with Gasteiger partial charge in [0.15, 0.2) is 0 Å². The van der Waals surface area contributed by atoms with Crippen molar-refractivity contribution in [3.63, 3.8) is 0 Å². The van der Waals surface area contributed by atoms with Gasteiger partial charge >= 0.3 is 0 Å². The van der Waals surface area contributed by atoms with Gasteiger partial charge < -0.3 is 15.4 Å². The lowest BCUT2D eigenvalue weighted by atomic mass is 10.4. The predicted octanol–water partition coefficient (Wildman–Crippen LogP) is -1.42. The fourth-order valence-electron chi connectivity index (χ4n) is 1.35. The average Bonchev–Trinajstić information content (AvgIpc) is 2.29. The molecule has 0 aromatic carbocycles. The number of nitrogens with two attached hydrogens (primary N) is 2. The van der Waals surface area contributed by atoms with E-state index in [1.54, 1.807) is 0 Å². The summed E-state index contributed by atoms with van der Waals surface area (Å²) < 4.78 is 5.22. The molecule has 8 nitrogen and oxygen atoms in total. The van der Waals surface area contributed by atoms with E-state index in [1.807, 2.05) is 4.90 Å². The van der Waals surface area contributed by atoms with Crippen molar-refractivity contribution in [1.29, 1.82) is 0 Å². The lowest BCUT2D eigenvalue weighted by Gasteiger charge is -2.26. The number of nitrogen functional groups attached to an aromatic ring is 2. The van der Waals surface area contributed by atoms with Crippen LogP contribution in [0.15, 0.2) is 0 Å². The van der Waals surface area contributed by atoms with Gasteiger partial charge in [0.25, 0.3) is 0 Å². The van der Waals surface area contributed by atoms with Crippen LogP contribution < -0.4 is 21.9 Å². The lowest BCUT2D eigenvalue weighted by molar-refractivity contribution is 0.122. The van der Waals surface area contributed by atoms with Gasteiger partial charge in [0.05, 0.1) is 13.2 Å². The average molecular weight is 211 g/mol. The first-order valence-electron chi connectivity index (χ1n) is 4.60. The standard InChI is InChI=1S/C7H13N7O/c8-5-10-6(13-9)12-7(11-5)14-1-3-15-4-2-14/h1-4,9H2,(H3,8,10,11,12,13). The first-order valence-corrected chi connectivity index (χ1v) is 4.60. The van der Waals surface area contributed by atoms with Gasteiger partial charge in [-0.1, -0.05) is 0 Å². The molecule has 5 N–H and O–H groups in total. The van der Waals surface area contributed by atoms with Crippen LogP contribution in [0.5, 0.6) is 0 Å². The highest BCUT2D eigenvalue weighted by molar-refractivity contribution is 5.41. The fourth-order valence-corrected chi connectivity index (χ4v) is 1.35. The van der Waals surface area contributed by atoms with Crippen LogP contribution in [-0.2, 0) is 4.74 Å². The molecule has 1 saturated heterocycles. The van der Waals surface area contributed by atoms with Gasteiger partial charge in [0, 0.05) is 13.1 Å². The molecule has 0 radical (unpaired) electrons. The molecule has 1 aromatic heterocycles. The number of hydrogen-bond donors (Lipinski definition) is 3. The highest BCUT2D eigenvalue weighted by Crippen LogP contribution is 2.12. The van der Waals surface area contributed by atoms with Gasteiger partial charge in [-0.2, -0.15) is 15.0 Å². The summed E-state index contributed by atoms with van der Waals surface area (Å²) in [5.41, 5.74) is 7.87. The lowest BCUT2D eigenvalue weighted by Crippen LogP contribution is -2.37. The largest absolute Gasteiger partial charge is 0.378 e. The van der Waals surface area contributed by atoms with Crippen LogP contribution >= 0.6 is 0 Å². The molecule has 1 fully saturated rings. The Morgan fingerprint density at radius 1 is 1.20 bits per heavy atom. The predicted molar refractivity (Wildman–Crippen MR) is 55.1 cm³/mol. The smallest absolute Gasteiger partial charge is 0.243 e. The molecule has 1 aliphatic heterocycles. The van der Waals surface area contributed by atoms with Gasteiger partial charge in [-0.05, 0) is 0 Å². The molecule has 0 bridgehead atoms. The molecule has 1 aromatic rings. The minimum Gasteiger partial charge on any atom is -0.378 e. The number of nitrogens with one attached hydrogen (secondary N) is 1. The van der Waals surface area contributed by atoms with E-state index in [0.29, 0.717) is 19.2 Å². The number of aromatic nitrogens is 3. The van der Waals surface area contributed by atoms with Crippen molar-refractivity contribution in [3.8, 4) is 0 Å². The van der Waals surface area contributed by atoms with E-state index in [9.17, 15) is 0 Å². The zero-order chi connectivity index (χ0) is 10.7. The Hall–Kier alpha value is -1.67. The summed E-state index contributed by atoms with van der Waals surface area (Å²) in [5.74, 6) is 6.16. The van der Waals surface area contributed by atoms with Gasteiger partial charge in [0.1, 0.15) is 0 Å². The summed E-state index contributed by atoms with van der Waals surface area (Å²) in [6, 6.07) is 0. The van der Waals surface area contributed by atoms with Crippen molar-refractivity contribution >= 4 is 17.8 Å². The molecule has 0 aliphatic carbocycles. The van der Waals surface area contributed by atoms with Gasteiger partial charge in [-0.15, -0.1) is 0 Å². The highest BCUT2D eigenvalue weighted by atomic mass is 16.5. The Bertz CT molecular complexity index is 338. The minimum atomic E-state index is 0.152. The number of morpholine rings is 1. The Labute approximate surface area is 86.6 Å². The molecule has 0 amide bonds. The van der Waals surface area contributed by atoms with Crippen molar-refractivity contribution in [2.24, 2.45) is 5.84 Å². The van der Waals surface area contributed by atoms with Crippen LogP contribution in [-0.4, -0.2) is 41.3 Å². The first-order chi connectivity index (χ1) is 7.29. The summed E-state index contributed by atoms with van der Waals surface area (Å²) in [4.78, 5) is 13.9. The SMILES string of the molecule is NNc1nc(N)nc(N2CCOCC2)n1. The van der Waals surface area contributed by atoms with Crippen LogP contribution in [0.2, 0.25) is 0 Å². The zero-order valence-corrected chi connectivity index (χ0v) is 8.18. The molecule has 8 heteroatoms. The first kappa shape index (κ1) is 9.87. The molecule has 0 spiro atoms. The molecular formula is C7H13N7O. The summed E-state index contributed by atoms with van der Waals surface area (Å²) in [7, 11) is 0. The van der Waals surface area contributed by atoms with Crippen molar-refractivity contribution in [2.75, 3.05) is 42.4 Å². The van der Waals surface area contributed by atoms with Crippen LogP contribution in [0.3, 0.4) is 0 Å². The number of nitrogens with zero attached hydrogens (tertiary/aromatic N) is 4. The van der Waals surface area contributed by atoms with Crippen LogP contribution in [0.25, 0.3) is 0 Å².